The minimum Gasteiger partial charge on any atom is -0.486 e. The lowest BCUT2D eigenvalue weighted by molar-refractivity contribution is 0.163. The van der Waals surface area contributed by atoms with Gasteiger partial charge in [0.2, 0.25) is 0 Å². The maximum atomic E-state index is 11.7. The fourth-order valence-corrected chi connectivity index (χ4v) is 2.86. The Morgan fingerprint density at radius 1 is 1.22 bits per heavy atom. The van der Waals surface area contributed by atoms with Crippen LogP contribution >= 0.6 is 11.3 Å². The second-order valence-electron chi connectivity index (χ2n) is 5.06. The average Bonchev–Trinajstić information content (AvgIpc) is 3.11. The summed E-state index contributed by atoms with van der Waals surface area (Å²) in [6.07, 6.45) is -0.807. The van der Waals surface area contributed by atoms with Gasteiger partial charge in [0.15, 0.2) is 11.5 Å². The standard InChI is InChI=1S/C16H18N2O4S/c19-13(10-18-16(20)17-9-12-2-1-7-23-12)11-3-4-14-15(8-11)22-6-5-21-14/h1-4,7-8,13,19H,5-6,9-10H2,(H2,17,18,20)/t13-/m0/s1. The topological polar surface area (TPSA) is 79.8 Å². The van der Waals surface area contributed by atoms with Gasteiger partial charge in [-0.05, 0) is 29.1 Å². The molecule has 0 spiro atoms. The Balaban J connectivity index is 1.48. The van der Waals surface area contributed by atoms with E-state index in [0.717, 1.165) is 4.88 Å². The van der Waals surface area contributed by atoms with Crippen molar-refractivity contribution in [2.45, 2.75) is 12.6 Å². The number of carbonyl (C=O) groups is 1. The molecule has 2 amide bonds. The van der Waals surface area contributed by atoms with E-state index in [-0.39, 0.29) is 12.6 Å². The van der Waals surface area contributed by atoms with E-state index in [4.69, 9.17) is 9.47 Å². The molecule has 1 aromatic carbocycles. The van der Waals surface area contributed by atoms with Crippen LogP contribution in [-0.4, -0.2) is 30.9 Å². The first-order valence-corrected chi connectivity index (χ1v) is 8.22. The van der Waals surface area contributed by atoms with E-state index in [1.165, 1.54) is 0 Å². The number of hydrogen-bond donors (Lipinski definition) is 3. The number of nitrogens with one attached hydrogen (secondary N) is 2. The van der Waals surface area contributed by atoms with Crippen molar-refractivity contribution >= 4 is 17.4 Å². The number of carbonyl (C=O) groups excluding carboxylic acids is 1. The molecule has 1 atom stereocenters. The maximum absolute atomic E-state index is 11.7. The number of amides is 2. The highest BCUT2D eigenvalue weighted by molar-refractivity contribution is 7.09. The zero-order chi connectivity index (χ0) is 16.1. The lowest BCUT2D eigenvalue weighted by atomic mass is 10.1. The summed E-state index contributed by atoms with van der Waals surface area (Å²) >= 11 is 1.58. The highest BCUT2D eigenvalue weighted by Crippen LogP contribution is 2.32. The third kappa shape index (κ3) is 4.14. The Hall–Kier alpha value is -2.25. The Bertz CT molecular complexity index is 660. The third-order valence-corrected chi connectivity index (χ3v) is 4.29. The third-order valence-electron chi connectivity index (χ3n) is 3.41. The van der Waals surface area contributed by atoms with E-state index < -0.39 is 6.10 Å². The summed E-state index contributed by atoms with van der Waals surface area (Å²) in [6, 6.07) is 8.85. The molecule has 0 unspecified atom stereocenters. The van der Waals surface area contributed by atoms with Gasteiger partial charge in [-0.3, -0.25) is 0 Å². The molecular formula is C16H18N2O4S. The lowest BCUT2D eigenvalue weighted by Crippen LogP contribution is -2.37. The minimum atomic E-state index is -0.807. The summed E-state index contributed by atoms with van der Waals surface area (Å²) in [6.45, 7) is 1.62. The van der Waals surface area contributed by atoms with Crippen LogP contribution in [0.1, 0.15) is 16.5 Å². The van der Waals surface area contributed by atoms with Crippen molar-refractivity contribution in [3.8, 4) is 11.5 Å². The van der Waals surface area contributed by atoms with Crippen LogP contribution in [0.4, 0.5) is 4.79 Å². The number of aliphatic hydroxyl groups is 1. The largest absolute Gasteiger partial charge is 0.486 e. The minimum absolute atomic E-state index is 0.121. The molecule has 0 radical (unpaired) electrons. The molecule has 0 aliphatic carbocycles. The molecular weight excluding hydrogens is 316 g/mol. The van der Waals surface area contributed by atoms with Gasteiger partial charge in [0.1, 0.15) is 13.2 Å². The molecule has 2 aromatic rings. The summed E-state index contributed by atoms with van der Waals surface area (Å²) in [5.41, 5.74) is 0.674. The molecule has 1 aromatic heterocycles. The van der Waals surface area contributed by atoms with E-state index >= 15 is 0 Å². The second-order valence-corrected chi connectivity index (χ2v) is 6.09. The van der Waals surface area contributed by atoms with Gasteiger partial charge in [0, 0.05) is 11.4 Å². The molecule has 7 heteroatoms. The van der Waals surface area contributed by atoms with Crippen molar-refractivity contribution < 1.29 is 19.4 Å². The average molecular weight is 334 g/mol. The van der Waals surface area contributed by atoms with Gasteiger partial charge in [-0.15, -0.1) is 11.3 Å². The van der Waals surface area contributed by atoms with E-state index in [9.17, 15) is 9.90 Å². The Kier molecular flexibility index (Phi) is 4.99. The van der Waals surface area contributed by atoms with Crippen molar-refractivity contribution in [1.82, 2.24) is 10.6 Å². The molecule has 0 bridgehead atoms. The van der Waals surface area contributed by atoms with Crippen molar-refractivity contribution in [1.29, 1.82) is 0 Å². The van der Waals surface area contributed by atoms with Gasteiger partial charge in [0.25, 0.3) is 0 Å². The summed E-state index contributed by atoms with van der Waals surface area (Å²) in [5.74, 6) is 1.30. The first-order valence-electron chi connectivity index (χ1n) is 7.34. The van der Waals surface area contributed by atoms with E-state index in [2.05, 4.69) is 10.6 Å². The summed E-state index contributed by atoms with van der Waals surface area (Å²) in [5, 5.41) is 17.5. The summed E-state index contributed by atoms with van der Waals surface area (Å²) in [4.78, 5) is 12.8. The first-order chi connectivity index (χ1) is 11.2. The Morgan fingerprint density at radius 3 is 2.83 bits per heavy atom. The monoisotopic (exact) mass is 334 g/mol. The van der Waals surface area contributed by atoms with Gasteiger partial charge in [-0.2, -0.15) is 0 Å². The SMILES string of the molecule is O=C(NCc1cccs1)NC[C@H](O)c1ccc2c(c1)OCCO2. The van der Waals surface area contributed by atoms with E-state index in [1.54, 1.807) is 29.5 Å². The summed E-state index contributed by atoms with van der Waals surface area (Å²) < 4.78 is 10.9. The number of fused-ring (bicyclic) bond motifs is 1. The molecule has 23 heavy (non-hydrogen) atoms. The van der Waals surface area contributed by atoms with Crippen LogP contribution in [0.15, 0.2) is 35.7 Å². The second kappa shape index (κ2) is 7.34. The van der Waals surface area contributed by atoms with Crippen LogP contribution in [0.2, 0.25) is 0 Å². The molecule has 0 fully saturated rings. The van der Waals surface area contributed by atoms with Crippen LogP contribution < -0.4 is 20.1 Å². The first kappa shape index (κ1) is 15.6. The predicted octanol–water partition coefficient (Wildman–Crippen LogP) is 2.05. The smallest absolute Gasteiger partial charge is 0.315 e. The number of rotatable bonds is 5. The van der Waals surface area contributed by atoms with Gasteiger partial charge < -0.3 is 25.2 Å². The fourth-order valence-electron chi connectivity index (χ4n) is 2.22. The van der Waals surface area contributed by atoms with Crippen LogP contribution in [0.25, 0.3) is 0 Å². The Labute approximate surface area is 138 Å². The van der Waals surface area contributed by atoms with Gasteiger partial charge in [0.05, 0.1) is 12.6 Å². The molecule has 0 saturated heterocycles. The van der Waals surface area contributed by atoms with E-state index in [1.807, 2.05) is 17.5 Å². The van der Waals surface area contributed by atoms with Crippen LogP contribution in [-0.2, 0) is 6.54 Å². The van der Waals surface area contributed by atoms with Crippen molar-refractivity contribution in [2.75, 3.05) is 19.8 Å². The number of aliphatic hydroxyl groups excluding tert-OH is 1. The number of urea groups is 1. The van der Waals surface area contributed by atoms with Crippen LogP contribution in [0, 0.1) is 0 Å². The number of hydrogen-bond acceptors (Lipinski definition) is 5. The van der Waals surface area contributed by atoms with Crippen molar-refractivity contribution in [3.05, 3.63) is 46.2 Å². The zero-order valence-electron chi connectivity index (χ0n) is 12.5. The van der Waals surface area contributed by atoms with Gasteiger partial charge in [-0.25, -0.2) is 4.79 Å². The molecule has 6 nitrogen and oxygen atoms in total. The Morgan fingerprint density at radius 2 is 2.04 bits per heavy atom. The number of ether oxygens (including phenoxy) is 2. The highest BCUT2D eigenvalue weighted by atomic mass is 32.1. The van der Waals surface area contributed by atoms with Crippen molar-refractivity contribution in [2.24, 2.45) is 0 Å². The van der Waals surface area contributed by atoms with Gasteiger partial charge in [-0.1, -0.05) is 12.1 Å². The normalized spacial score (nSPS) is 14.1. The van der Waals surface area contributed by atoms with Gasteiger partial charge >= 0.3 is 6.03 Å². The molecule has 1 aliphatic rings. The number of thiophene rings is 1. The van der Waals surface area contributed by atoms with E-state index in [0.29, 0.717) is 36.8 Å². The predicted molar refractivity (Wildman–Crippen MR) is 86.9 cm³/mol. The van der Waals surface area contributed by atoms with Crippen LogP contribution in [0.5, 0.6) is 11.5 Å². The molecule has 0 saturated carbocycles. The molecule has 3 N–H and O–H groups in total. The highest BCUT2D eigenvalue weighted by Gasteiger charge is 2.16. The molecule has 3 rings (SSSR count). The lowest BCUT2D eigenvalue weighted by Gasteiger charge is -2.20. The fraction of sp³-hybridized carbons (Fsp3) is 0.312. The summed E-state index contributed by atoms with van der Waals surface area (Å²) in [7, 11) is 0. The maximum Gasteiger partial charge on any atom is 0.315 e. The molecule has 1 aliphatic heterocycles. The number of benzene rings is 1. The molecule has 2 heterocycles. The zero-order valence-corrected chi connectivity index (χ0v) is 13.3. The van der Waals surface area contributed by atoms with Crippen LogP contribution in [0.3, 0.4) is 0 Å². The quantitative estimate of drug-likeness (QED) is 0.782. The van der Waals surface area contributed by atoms with Crippen molar-refractivity contribution in [3.63, 3.8) is 0 Å². The molecule has 122 valence electrons.